The van der Waals surface area contributed by atoms with Crippen molar-refractivity contribution in [3.05, 3.63) is 53.5 Å². The van der Waals surface area contributed by atoms with Gasteiger partial charge in [-0.1, -0.05) is 6.07 Å². The Balaban J connectivity index is 0.00000192. The molecular weight excluding hydrogens is 310 g/mol. The molecule has 3 aromatic heterocycles. The molecule has 0 saturated heterocycles. The Labute approximate surface area is 142 Å². The molecule has 0 aliphatic rings. The maximum absolute atomic E-state index is 6.21. The Kier molecular flexibility index (Phi) is 5.11. The molecule has 0 spiro atoms. The van der Waals surface area contributed by atoms with Crippen LogP contribution in [0.5, 0.6) is 0 Å². The van der Waals surface area contributed by atoms with Gasteiger partial charge in [-0.15, -0.1) is 5.10 Å². The summed E-state index contributed by atoms with van der Waals surface area (Å²) in [5.41, 5.74) is 11.5. The fourth-order valence-corrected chi connectivity index (χ4v) is 2.51. The van der Waals surface area contributed by atoms with E-state index in [0.29, 0.717) is 5.69 Å². The molecule has 0 aromatic carbocycles. The van der Waals surface area contributed by atoms with Crippen LogP contribution in [0.4, 0.5) is 11.5 Å². The van der Waals surface area contributed by atoms with E-state index in [4.69, 9.17) is 5.73 Å². The molecule has 0 amide bonds. The highest BCUT2D eigenvalue weighted by Crippen LogP contribution is 2.25. The quantitative estimate of drug-likeness (QED) is 0.604. The van der Waals surface area contributed by atoms with Gasteiger partial charge in [-0.3, -0.25) is 0 Å². The highest BCUT2D eigenvalue weighted by Gasteiger charge is 2.11. The summed E-state index contributed by atoms with van der Waals surface area (Å²) in [6.07, 6.45) is 5.05. The summed E-state index contributed by atoms with van der Waals surface area (Å²) in [6, 6.07) is 8.36. The topological polar surface area (TPSA) is 59.2 Å². The first-order valence-corrected chi connectivity index (χ1v) is 7.48. The molecule has 3 heterocycles. The number of pyridine rings is 2. The van der Waals surface area contributed by atoms with E-state index in [1.54, 1.807) is 0 Å². The van der Waals surface area contributed by atoms with Crippen molar-refractivity contribution in [1.82, 2.24) is 9.61 Å². The number of rotatable bonds is 4. The Bertz CT molecular complexity index is 808. The van der Waals surface area contributed by atoms with Crippen molar-refractivity contribution in [2.45, 2.75) is 20.3 Å². The number of nitrogens with zero attached hydrogens (tertiary/aromatic N) is 3. The van der Waals surface area contributed by atoms with Gasteiger partial charge < -0.3 is 23.5 Å². The number of nitrogens with one attached hydrogen (secondary N) is 1. The number of fused-ring (bicyclic) bond motifs is 1. The highest BCUT2D eigenvalue weighted by molar-refractivity contribution is 5.81. The van der Waals surface area contributed by atoms with Crippen LogP contribution >= 0.6 is 0 Å². The molecule has 0 unspecified atom stereocenters. The average molecular weight is 332 g/mol. The van der Waals surface area contributed by atoms with Crippen LogP contribution in [0.1, 0.15) is 16.8 Å². The monoisotopic (exact) mass is 331 g/mol. The van der Waals surface area contributed by atoms with E-state index in [2.05, 4.69) is 54.9 Å². The number of halogens is 1. The Hall–Kier alpha value is -2.27. The van der Waals surface area contributed by atoms with Gasteiger partial charge in [0.25, 0.3) is 0 Å². The van der Waals surface area contributed by atoms with Crippen molar-refractivity contribution >= 4 is 17.0 Å². The first-order chi connectivity index (χ1) is 10.6. The van der Waals surface area contributed by atoms with Gasteiger partial charge in [0, 0.05) is 24.4 Å². The molecule has 0 radical (unpaired) electrons. The SMILES string of the molecule is Cc1ccc2c(N)c(NCCc3cc[n+](C)cc3)nn2c1C.[Cl-]. The number of aryl methyl sites for hydroxylation is 3. The number of nitrogens with two attached hydrogens (primary N) is 1. The van der Waals surface area contributed by atoms with E-state index >= 15 is 0 Å². The van der Waals surface area contributed by atoms with Crippen molar-refractivity contribution in [2.24, 2.45) is 7.05 Å². The zero-order valence-electron chi connectivity index (χ0n) is 13.7. The normalized spacial score (nSPS) is 10.6. The molecule has 23 heavy (non-hydrogen) atoms. The van der Waals surface area contributed by atoms with Crippen LogP contribution < -0.4 is 28.0 Å². The van der Waals surface area contributed by atoms with Crippen LogP contribution in [0, 0.1) is 13.8 Å². The molecule has 0 fully saturated rings. The lowest BCUT2D eigenvalue weighted by Gasteiger charge is -2.03. The molecule has 0 aliphatic carbocycles. The zero-order valence-corrected chi connectivity index (χ0v) is 14.4. The van der Waals surface area contributed by atoms with Crippen LogP contribution in [-0.2, 0) is 13.5 Å². The number of hydrogen-bond donors (Lipinski definition) is 2. The molecular formula is C17H22ClN5. The summed E-state index contributed by atoms with van der Waals surface area (Å²) in [6.45, 7) is 4.94. The van der Waals surface area contributed by atoms with E-state index in [1.807, 2.05) is 22.2 Å². The molecule has 0 atom stereocenters. The Morgan fingerprint density at radius 3 is 2.57 bits per heavy atom. The molecule has 6 heteroatoms. The predicted octanol–water partition coefficient (Wildman–Crippen LogP) is -0.984. The van der Waals surface area contributed by atoms with Gasteiger partial charge >= 0.3 is 0 Å². The third-order valence-electron chi connectivity index (χ3n) is 4.09. The Morgan fingerprint density at radius 2 is 1.87 bits per heavy atom. The minimum absolute atomic E-state index is 0. The molecule has 122 valence electrons. The third kappa shape index (κ3) is 3.40. The minimum Gasteiger partial charge on any atom is -1.00 e. The van der Waals surface area contributed by atoms with E-state index < -0.39 is 0 Å². The third-order valence-corrected chi connectivity index (χ3v) is 4.09. The molecule has 3 N–H and O–H groups in total. The molecule has 5 nitrogen and oxygen atoms in total. The number of nitrogen functional groups attached to an aromatic ring is 1. The van der Waals surface area contributed by atoms with E-state index in [-0.39, 0.29) is 12.4 Å². The second kappa shape index (κ2) is 6.87. The predicted molar refractivity (Wildman–Crippen MR) is 88.9 cm³/mol. The molecule has 0 saturated carbocycles. The van der Waals surface area contributed by atoms with Crippen LogP contribution in [-0.4, -0.2) is 16.2 Å². The van der Waals surface area contributed by atoms with Gasteiger partial charge in [-0.2, -0.15) is 0 Å². The van der Waals surface area contributed by atoms with E-state index in [9.17, 15) is 0 Å². The van der Waals surface area contributed by atoms with Gasteiger partial charge in [0.05, 0.1) is 5.52 Å². The lowest BCUT2D eigenvalue weighted by Crippen LogP contribution is -3.00. The summed E-state index contributed by atoms with van der Waals surface area (Å²) in [5, 5.41) is 7.94. The number of aromatic nitrogens is 3. The van der Waals surface area contributed by atoms with Gasteiger partial charge in [-0.05, 0) is 37.5 Å². The van der Waals surface area contributed by atoms with E-state index in [0.717, 1.165) is 30.0 Å². The highest BCUT2D eigenvalue weighted by atomic mass is 35.5. The summed E-state index contributed by atoms with van der Waals surface area (Å²) in [7, 11) is 2.02. The second-order valence-corrected chi connectivity index (χ2v) is 5.71. The molecule has 0 bridgehead atoms. The second-order valence-electron chi connectivity index (χ2n) is 5.71. The molecule has 0 aliphatic heterocycles. The number of anilines is 2. The first kappa shape index (κ1) is 17.1. The van der Waals surface area contributed by atoms with Crippen molar-refractivity contribution < 1.29 is 17.0 Å². The fourth-order valence-electron chi connectivity index (χ4n) is 2.51. The smallest absolute Gasteiger partial charge is 0.172 e. The fraction of sp³-hybridized carbons (Fsp3) is 0.294. The van der Waals surface area contributed by atoms with Crippen LogP contribution in [0.2, 0.25) is 0 Å². The maximum atomic E-state index is 6.21. The van der Waals surface area contributed by atoms with Gasteiger partial charge in [0.15, 0.2) is 18.2 Å². The largest absolute Gasteiger partial charge is 1.00 e. The summed E-state index contributed by atoms with van der Waals surface area (Å²) < 4.78 is 3.94. The van der Waals surface area contributed by atoms with Crippen molar-refractivity contribution in [3.8, 4) is 0 Å². The van der Waals surface area contributed by atoms with Crippen LogP contribution in [0.25, 0.3) is 5.52 Å². The van der Waals surface area contributed by atoms with Crippen LogP contribution in [0.3, 0.4) is 0 Å². The number of hydrogen-bond acceptors (Lipinski definition) is 3. The standard InChI is InChI=1S/C17H22N5.ClH/c1-12-4-5-15-16(18)17(20-22(15)13(12)2)19-9-6-14-7-10-21(3)11-8-14;/h4-5,7-8,10-11H,6,9,18H2,1-3H3,(H,19,20);1H/q+1;/p-1. The zero-order chi connectivity index (χ0) is 15.7. The van der Waals surface area contributed by atoms with Crippen molar-refractivity contribution in [2.75, 3.05) is 17.6 Å². The minimum atomic E-state index is 0. The average Bonchev–Trinajstić information content (AvgIpc) is 2.83. The summed E-state index contributed by atoms with van der Waals surface area (Å²) >= 11 is 0. The lowest BCUT2D eigenvalue weighted by atomic mass is 10.2. The van der Waals surface area contributed by atoms with Crippen molar-refractivity contribution in [1.29, 1.82) is 0 Å². The Morgan fingerprint density at radius 1 is 1.17 bits per heavy atom. The van der Waals surface area contributed by atoms with Gasteiger partial charge in [-0.25, -0.2) is 9.08 Å². The van der Waals surface area contributed by atoms with Gasteiger partial charge in [0.1, 0.15) is 12.7 Å². The van der Waals surface area contributed by atoms with Gasteiger partial charge in [0.2, 0.25) is 0 Å². The maximum Gasteiger partial charge on any atom is 0.172 e. The summed E-state index contributed by atoms with van der Waals surface area (Å²) in [4.78, 5) is 0. The van der Waals surface area contributed by atoms with Crippen molar-refractivity contribution in [3.63, 3.8) is 0 Å². The lowest BCUT2D eigenvalue weighted by molar-refractivity contribution is -0.671. The summed E-state index contributed by atoms with van der Waals surface area (Å²) in [5.74, 6) is 0.759. The van der Waals surface area contributed by atoms with Crippen LogP contribution in [0.15, 0.2) is 36.7 Å². The first-order valence-electron chi connectivity index (χ1n) is 7.48. The molecule has 3 rings (SSSR count). The molecule has 3 aromatic rings. The van der Waals surface area contributed by atoms with E-state index in [1.165, 1.54) is 11.1 Å².